The number of ether oxygens (including phenoxy) is 2. The molecule has 0 aromatic heterocycles. The van der Waals surface area contributed by atoms with Crippen molar-refractivity contribution in [3.63, 3.8) is 0 Å². The molecular formula is C17H24N4O5S2. The van der Waals surface area contributed by atoms with E-state index in [0.29, 0.717) is 39.3 Å². The van der Waals surface area contributed by atoms with E-state index in [-0.39, 0.29) is 11.3 Å². The average molecular weight is 429 g/mol. The fraction of sp³-hybridized carbons (Fsp3) is 0.529. The third-order valence-corrected chi connectivity index (χ3v) is 6.38. The molecule has 0 spiro atoms. The molecular weight excluding hydrogens is 404 g/mol. The smallest absolute Gasteiger partial charge is 0.414 e. The summed E-state index contributed by atoms with van der Waals surface area (Å²) in [4.78, 5) is 15.9. The second-order valence-electron chi connectivity index (χ2n) is 6.65. The summed E-state index contributed by atoms with van der Waals surface area (Å²) in [7, 11) is -1.67. The van der Waals surface area contributed by atoms with E-state index in [1.807, 2.05) is 24.3 Å². The van der Waals surface area contributed by atoms with Crippen LogP contribution in [0.4, 0.5) is 16.2 Å². The van der Waals surface area contributed by atoms with Crippen LogP contribution in [0, 0.1) is 0 Å². The van der Waals surface area contributed by atoms with Gasteiger partial charge in [0, 0.05) is 37.6 Å². The molecule has 2 aliphatic heterocycles. The molecule has 1 aromatic rings. The van der Waals surface area contributed by atoms with Crippen molar-refractivity contribution < 1.29 is 22.7 Å². The van der Waals surface area contributed by atoms with Crippen molar-refractivity contribution in [1.29, 1.82) is 0 Å². The number of piperazine rings is 1. The summed E-state index contributed by atoms with van der Waals surface area (Å²) >= 11 is 4.92. The molecule has 1 unspecified atom stereocenters. The number of methoxy groups -OCH3 is 1. The SMILES string of the molecule is COC(=S)NCC1CN(c2ccc(N3CCN(S(C)(=O)=O)CC3)cc2)C(=O)O1. The first kappa shape index (κ1) is 20.6. The summed E-state index contributed by atoms with van der Waals surface area (Å²) < 4.78 is 34.9. The fourth-order valence-corrected chi connectivity index (χ4v) is 4.14. The van der Waals surface area contributed by atoms with Crippen LogP contribution in [0.5, 0.6) is 0 Å². The Morgan fingerprint density at radius 3 is 2.39 bits per heavy atom. The van der Waals surface area contributed by atoms with Crippen LogP contribution in [-0.4, -0.2) is 82.7 Å². The number of thiocarbonyl (C=S) groups is 1. The molecule has 0 aliphatic carbocycles. The van der Waals surface area contributed by atoms with Crippen LogP contribution in [0.25, 0.3) is 0 Å². The fourth-order valence-electron chi connectivity index (χ4n) is 3.23. The predicted molar refractivity (Wildman–Crippen MR) is 110 cm³/mol. The Morgan fingerprint density at radius 2 is 1.82 bits per heavy atom. The molecule has 28 heavy (non-hydrogen) atoms. The Balaban J connectivity index is 1.57. The first-order valence-corrected chi connectivity index (χ1v) is 11.1. The number of sulfonamides is 1. The van der Waals surface area contributed by atoms with Gasteiger partial charge in [-0.15, -0.1) is 0 Å². The van der Waals surface area contributed by atoms with Gasteiger partial charge in [0.05, 0.1) is 26.5 Å². The van der Waals surface area contributed by atoms with E-state index in [2.05, 4.69) is 10.2 Å². The third kappa shape index (κ3) is 4.83. The van der Waals surface area contributed by atoms with Crippen molar-refractivity contribution in [2.75, 3.05) is 62.4 Å². The average Bonchev–Trinajstić information content (AvgIpc) is 3.06. The highest BCUT2D eigenvalue weighted by atomic mass is 32.2. The largest absolute Gasteiger partial charge is 0.474 e. The molecule has 154 valence electrons. The number of amides is 1. The number of nitrogens with zero attached hydrogens (tertiary/aromatic N) is 3. The number of nitrogens with one attached hydrogen (secondary N) is 1. The molecule has 2 fully saturated rings. The molecule has 0 bridgehead atoms. The van der Waals surface area contributed by atoms with Gasteiger partial charge in [-0.25, -0.2) is 13.2 Å². The normalized spacial score (nSPS) is 20.8. The Bertz CT molecular complexity index is 822. The molecule has 0 radical (unpaired) electrons. The molecule has 0 saturated carbocycles. The number of hydrogen-bond acceptors (Lipinski definition) is 7. The Labute approximate surface area is 170 Å². The highest BCUT2D eigenvalue weighted by Crippen LogP contribution is 2.25. The minimum atomic E-state index is -3.15. The zero-order valence-electron chi connectivity index (χ0n) is 15.8. The van der Waals surface area contributed by atoms with Gasteiger partial charge in [-0.3, -0.25) is 4.90 Å². The van der Waals surface area contributed by atoms with Crippen LogP contribution < -0.4 is 15.1 Å². The maximum Gasteiger partial charge on any atom is 0.414 e. The van der Waals surface area contributed by atoms with E-state index in [1.165, 1.54) is 17.7 Å². The van der Waals surface area contributed by atoms with Crippen molar-refractivity contribution in [1.82, 2.24) is 9.62 Å². The minimum absolute atomic E-state index is 0.259. The molecule has 3 rings (SSSR count). The van der Waals surface area contributed by atoms with Crippen molar-refractivity contribution in [2.45, 2.75) is 6.10 Å². The summed E-state index contributed by atoms with van der Waals surface area (Å²) in [5.41, 5.74) is 1.74. The maximum absolute atomic E-state index is 12.2. The standard InChI is InChI=1S/C17H24N4O5S2/c1-25-16(27)18-11-15-12-21(17(22)26-15)14-5-3-13(4-6-14)19-7-9-20(10-8-19)28(2,23)24/h3-6,15H,7-12H2,1-2H3,(H,18,27). The zero-order chi connectivity index (χ0) is 20.3. The second kappa shape index (κ2) is 8.50. The quantitative estimate of drug-likeness (QED) is 0.683. The van der Waals surface area contributed by atoms with Gasteiger partial charge in [-0.1, -0.05) is 0 Å². The molecule has 2 aliphatic rings. The molecule has 2 saturated heterocycles. The Kier molecular flexibility index (Phi) is 6.26. The Hall–Kier alpha value is -2.11. The number of anilines is 2. The summed E-state index contributed by atoms with van der Waals surface area (Å²) in [6, 6.07) is 7.61. The number of cyclic esters (lactones) is 1. The van der Waals surface area contributed by atoms with Crippen LogP contribution >= 0.6 is 12.2 Å². The van der Waals surface area contributed by atoms with Gasteiger partial charge < -0.3 is 19.7 Å². The highest BCUT2D eigenvalue weighted by Gasteiger charge is 2.32. The van der Waals surface area contributed by atoms with E-state index in [0.717, 1.165) is 11.4 Å². The lowest BCUT2D eigenvalue weighted by molar-refractivity contribution is 0.142. The van der Waals surface area contributed by atoms with E-state index in [1.54, 1.807) is 4.90 Å². The molecule has 1 atom stereocenters. The molecule has 1 N–H and O–H groups in total. The molecule has 1 amide bonds. The highest BCUT2D eigenvalue weighted by molar-refractivity contribution is 7.88. The van der Waals surface area contributed by atoms with Gasteiger partial charge in [-0.2, -0.15) is 4.31 Å². The third-order valence-electron chi connectivity index (χ3n) is 4.77. The second-order valence-corrected chi connectivity index (χ2v) is 9.01. The lowest BCUT2D eigenvalue weighted by Gasteiger charge is -2.34. The number of carbonyl (C=O) groups is 1. The van der Waals surface area contributed by atoms with Crippen LogP contribution in [0.15, 0.2) is 24.3 Å². The van der Waals surface area contributed by atoms with Crippen molar-refractivity contribution >= 4 is 44.9 Å². The van der Waals surface area contributed by atoms with Crippen LogP contribution in [0.2, 0.25) is 0 Å². The summed E-state index contributed by atoms with van der Waals surface area (Å²) in [6.07, 6.45) is 0.520. The number of rotatable bonds is 5. The Morgan fingerprint density at radius 1 is 1.21 bits per heavy atom. The molecule has 1 aromatic carbocycles. The van der Waals surface area contributed by atoms with Crippen molar-refractivity contribution in [3.05, 3.63) is 24.3 Å². The van der Waals surface area contributed by atoms with E-state index >= 15 is 0 Å². The first-order chi connectivity index (χ1) is 13.3. The van der Waals surface area contributed by atoms with E-state index < -0.39 is 16.1 Å². The topological polar surface area (TPSA) is 91.4 Å². The predicted octanol–water partition coefficient (Wildman–Crippen LogP) is 0.614. The minimum Gasteiger partial charge on any atom is -0.474 e. The van der Waals surface area contributed by atoms with E-state index in [9.17, 15) is 13.2 Å². The lowest BCUT2D eigenvalue weighted by atomic mass is 10.2. The monoisotopic (exact) mass is 428 g/mol. The van der Waals surface area contributed by atoms with Crippen LogP contribution in [0.3, 0.4) is 0 Å². The molecule has 9 nitrogen and oxygen atoms in total. The van der Waals surface area contributed by atoms with Gasteiger partial charge in [0.2, 0.25) is 10.0 Å². The maximum atomic E-state index is 12.2. The van der Waals surface area contributed by atoms with Gasteiger partial charge in [0.15, 0.2) is 0 Å². The molecule has 11 heteroatoms. The van der Waals surface area contributed by atoms with Gasteiger partial charge in [-0.05, 0) is 36.5 Å². The number of benzene rings is 1. The number of carbonyl (C=O) groups excluding carboxylic acids is 1. The molecule has 2 heterocycles. The van der Waals surface area contributed by atoms with Crippen molar-refractivity contribution in [2.24, 2.45) is 0 Å². The van der Waals surface area contributed by atoms with Crippen LogP contribution in [-0.2, 0) is 19.5 Å². The summed E-state index contributed by atoms with van der Waals surface area (Å²) in [6.45, 7) is 3.01. The number of hydrogen-bond donors (Lipinski definition) is 1. The summed E-state index contributed by atoms with van der Waals surface area (Å²) in [5, 5.41) is 3.14. The van der Waals surface area contributed by atoms with Gasteiger partial charge >= 0.3 is 6.09 Å². The van der Waals surface area contributed by atoms with Gasteiger partial charge in [0.1, 0.15) is 6.10 Å². The van der Waals surface area contributed by atoms with E-state index in [4.69, 9.17) is 21.7 Å². The van der Waals surface area contributed by atoms with Crippen LogP contribution in [0.1, 0.15) is 0 Å². The zero-order valence-corrected chi connectivity index (χ0v) is 17.5. The van der Waals surface area contributed by atoms with Gasteiger partial charge in [0.25, 0.3) is 5.17 Å². The first-order valence-electron chi connectivity index (χ1n) is 8.88. The van der Waals surface area contributed by atoms with Crippen molar-refractivity contribution in [3.8, 4) is 0 Å². The summed E-state index contributed by atoms with van der Waals surface area (Å²) in [5.74, 6) is 0. The lowest BCUT2D eigenvalue weighted by Crippen LogP contribution is -2.48.